The molecule has 0 N–H and O–H groups in total. The van der Waals surface area contributed by atoms with Crippen molar-refractivity contribution in [3.05, 3.63) is 109 Å². The van der Waals surface area contributed by atoms with Gasteiger partial charge in [0.1, 0.15) is 22.8 Å². The summed E-state index contributed by atoms with van der Waals surface area (Å²) < 4.78 is 51.2. The molecule has 0 saturated carbocycles. The predicted octanol–water partition coefficient (Wildman–Crippen LogP) is 7.66. The summed E-state index contributed by atoms with van der Waals surface area (Å²) in [6.45, 7) is 11.6. The van der Waals surface area contributed by atoms with Gasteiger partial charge in [-0.05, 0) is 75.9 Å². The standard InChI is InChI=1S/C27H29F2N3O4.C20H23BrN2O4/c1-17(30(2)21-14-19(28)13-20(29)15-21)22-11-18(27(34)32-5-3-4-6-32)12-23-24(33)16-25(36-26(22)23)31-7-9-35-10-8-31;1-13(21)15-10-14(20(25)23-4-2-3-5-23)11-16-17(24)12-18(27-19(15)16)22-6-8-26-9-7-22/h11-17H,3-10H2,1-2H3;10-13H,2-9H2,1H3. The van der Waals surface area contributed by atoms with Gasteiger partial charge >= 0.3 is 0 Å². The zero-order valence-corrected chi connectivity index (χ0v) is 37.4. The molecule has 4 aliphatic rings. The molecule has 16 heteroatoms. The molecule has 2 unspecified atom stereocenters. The second-order valence-corrected chi connectivity index (χ2v) is 17.9. The second kappa shape index (κ2) is 19.2. The van der Waals surface area contributed by atoms with Crippen LogP contribution in [0.5, 0.6) is 0 Å². The van der Waals surface area contributed by atoms with E-state index < -0.39 is 17.7 Å². The van der Waals surface area contributed by atoms with E-state index in [1.54, 1.807) is 35.0 Å². The number of likely N-dealkylation sites (tertiary alicyclic amines) is 2. The van der Waals surface area contributed by atoms with Crippen molar-refractivity contribution < 1.29 is 36.7 Å². The van der Waals surface area contributed by atoms with Gasteiger partial charge in [-0.1, -0.05) is 15.9 Å². The molecule has 2 atom stereocenters. The van der Waals surface area contributed by atoms with Crippen LogP contribution in [0.1, 0.15) is 82.2 Å². The van der Waals surface area contributed by atoms with Crippen LogP contribution in [-0.2, 0) is 9.47 Å². The Labute approximate surface area is 372 Å². The van der Waals surface area contributed by atoms with Gasteiger partial charge in [-0.15, -0.1) is 0 Å². The fourth-order valence-corrected chi connectivity index (χ4v) is 9.00. The summed E-state index contributed by atoms with van der Waals surface area (Å²) in [5.74, 6) is -0.536. The molecule has 4 aliphatic heterocycles. The molecule has 0 radical (unpaired) electrons. The molecule has 3 aromatic carbocycles. The van der Waals surface area contributed by atoms with Crippen molar-refractivity contribution in [1.82, 2.24) is 9.80 Å². The molecule has 9 rings (SSSR count). The highest BCUT2D eigenvalue weighted by atomic mass is 79.9. The first-order valence-electron chi connectivity index (χ1n) is 21.7. The van der Waals surface area contributed by atoms with Gasteiger partial charge in [-0.25, -0.2) is 8.78 Å². The van der Waals surface area contributed by atoms with Crippen molar-refractivity contribution in [3.63, 3.8) is 0 Å². The van der Waals surface area contributed by atoms with Crippen LogP contribution in [0.25, 0.3) is 21.9 Å². The van der Waals surface area contributed by atoms with Crippen molar-refractivity contribution in [2.75, 3.05) is 101 Å². The third-order valence-corrected chi connectivity index (χ3v) is 12.8. The van der Waals surface area contributed by atoms with Crippen molar-refractivity contribution in [3.8, 4) is 0 Å². The number of hydrogen-bond acceptors (Lipinski definition) is 11. The molecule has 63 heavy (non-hydrogen) atoms. The first kappa shape index (κ1) is 44.3. The number of rotatable bonds is 8. The molecule has 13 nitrogen and oxygen atoms in total. The van der Waals surface area contributed by atoms with Gasteiger partial charge in [-0.3, -0.25) is 19.2 Å². The van der Waals surface area contributed by atoms with E-state index in [2.05, 4.69) is 15.9 Å². The first-order chi connectivity index (χ1) is 30.4. The zero-order valence-electron chi connectivity index (χ0n) is 35.8. The van der Waals surface area contributed by atoms with E-state index in [0.29, 0.717) is 122 Å². The highest BCUT2D eigenvalue weighted by Crippen LogP contribution is 2.35. The number of carbonyl (C=O) groups excluding carboxylic acids is 2. The quantitative estimate of drug-likeness (QED) is 0.142. The van der Waals surface area contributed by atoms with Gasteiger partial charge < -0.3 is 42.8 Å². The molecule has 334 valence electrons. The minimum atomic E-state index is -0.687. The molecule has 2 amide bonds. The number of hydrogen-bond donors (Lipinski definition) is 0. The smallest absolute Gasteiger partial charge is 0.253 e. The lowest BCUT2D eigenvalue weighted by atomic mass is 9.99. The summed E-state index contributed by atoms with van der Waals surface area (Å²) >= 11 is 3.60. The molecule has 4 saturated heterocycles. The number of benzene rings is 3. The van der Waals surface area contributed by atoms with Gasteiger partial charge in [0.25, 0.3) is 11.8 Å². The van der Waals surface area contributed by atoms with Gasteiger partial charge in [0, 0.05) is 110 Å². The predicted molar refractivity (Wildman–Crippen MR) is 242 cm³/mol. The van der Waals surface area contributed by atoms with Crippen LogP contribution in [-0.4, -0.2) is 107 Å². The summed E-state index contributed by atoms with van der Waals surface area (Å²) in [6, 6.07) is 12.7. The van der Waals surface area contributed by atoms with E-state index in [4.69, 9.17) is 18.3 Å². The van der Waals surface area contributed by atoms with E-state index in [1.165, 1.54) is 24.3 Å². The van der Waals surface area contributed by atoms with Crippen molar-refractivity contribution in [2.24, 2.45) is 0 Å². The number of morpholine rings is 2. The highest BCUT2D eigenvalue weighted by molar-refractivity contribution is 9.09. The Hall–Kier alpha value is -5.32. The van der Waals surface area contributed by atoms with Crippen molar-refractivity contribution >= 4 is 67.1 Å². The van der Waals surface area contributed by atoms with Crippen LogP contribution in [0.4, 0.5) is 26.2 Å². The Kier molecular flexibility index (Phi) is 13.5. The number of fused-ring (bicyclic) bond motifs is 2. The summed E-state index contributed by atoms with van der Waals surface area (Å²) in [6.07, 6.45) is 3.96. The lowest BCUT2D eigenvalue weighted by Gasteiger charge is -2.30. The summed E-state index contributed by atoms with van der Waals surface area (Å²) in [4.78, 5) is 61.5. The maximum absolute atomic E-state index is 14.0. The Balaban J connectivity index is 0.000000180. The first-order valence-corrected chi connectivity index (χ1v) is 22.6. The highest BCUT2D eigenvalue weighted by Gasteiger charge is 2.28. The molecule has 0 spiro atoms. The molecule has 5 aromatic rings. The van der Waals surface area contributed by atoms with Crippen LogP contribution in [0.15, 0.2) is 73.0 Å². The Morgan fingerprint density at radius 3 is 1.44 bits per heavy atom. The molecular weight excluding hydrogens is 880 g/mol. The van der Waals surface area contributed by atoms with Crippen LogP contribution >= 0.6 is 15.9 Å². The third kappa shape index (κ3) is 9.63. The fraction of sp³-hybridized carbons (Fsp3) is 0.447. The summed E-state index contributed by atoms with van der Waals surface area (Å²) in [5, 5.41) is 0.760. The van der Waals surface area contributed by atoms with Crippen LogP contribution < -0.4 is 25.6 Å². The van der Waals surface area contributed by atoms with E-state index in [0.717, 1.165) is 50.4 Å². The molecule has 6 heterocycles. The van der Waals surface area contributed by atoms with Gasteiger partial charge in [0.2, 0.25) is 0 Å². The largest absolute Gasteiger partial charge is 0.440 e. The van der Waals surface area contributed by atoms with Crippen LogP contribution in [0.2, 0.25) is 0 Å². The second-order valence-electron chi connectivity index (χ2n) is 16.5. The molecule has 4 fully saturated rings. The van der Waals surface area contributed by atoms with Gasteiger partial charge in [0.05, 0.1) is 43.2 Å². The third-order valence-electron chi connectivity index (χ3n) is 12.3. The normalized spacial score (nSPS) is 17.8. The van der Waals surface area contributed by atoms with Crippen LogP contribution in [0, 0.1) is 11.6 Å². The lowest BCUT2D eigenvalue weighted by Crippen LogP contribution is -2.36. The zero-order chi connectivity index (χ0) is 44.4. The lowest BCUT2D eigenvalue weighted by molar-refractivity contribution is 0.0785. The number of anilines is 3. The van der Waals surface area contributed by atoms with E-state index in [-0.39, 0.29) is 27.5 Å². The number of carbonyl (C=O) groups is 2. The minimum Gasteiger partial charge on any atom is -0.440 e. The number of halogens is 3. The molecular formula is C47H52BrF2N5O8. The van der Waals surface area contributed by atoms with Crippen molar-refractivity contribution in [1.29, 1.82) is 0 Å². The maximum atomic E-state index is 14.0. The van der Waals surface area contributed by atoms with Crippen LogP contribution in [0.3, 0.4) is 0 Å². The van der Waals surface area contributed by atoms with Gasteiger partial charge in [0.15, 0.2) is 22.6 Å². The van der Waals surface area contributed by atoms with E-state index in [1.807, 2.05) is 34.6 Å². The Morgan fingerprint density at radius 1 is 0.603 bits per heavy atom. The average Bonchev–Trinajstić information content (AvgIpc) is 4.04. The molecule has 0 bridgehead atoms. The van der Waals surface area contributed by atoms with Gasteiger partial charge in [-0.2, -0.15) is 0 Å². The molecule has 0 aliphatic carbocycles. The number of ether oxygens (including phenoxy) is 2. The molecule has 2 aromatic heterocycles. The minimum absolute atomic E-state index is 0.0135. The number of alkyl halides is 1. The van der Waals surface area contributed by atoms with E-state index >= 15 is 0 Å². The maximum Gasteiger partial charge on any atom is 0.253 e. The SMILES string of the molecule is CC(Br)c1cc(C(=O)N2CCCC2)cc2c(=O)cc(N3CCOCC3)oc12.CC(c1cc(C(=O)N2CCCC2)cc2c(=O)cc(N3CCOCC3)oc12)N(C)c1cc(F)cc(F)c1. The summed E-state index contributed by atoms with van der Waals surface area (Å²) in [5.41, 5.74) is 3.23. The average molecular weight is 933 g/mol. The summed E-state index contributed by atoms with van der Waals surface area (Å²) in [7, 11) is 1.71. The number of amides is 2. The van der Waals surface area contributed by atoms with Crippen molar-refractivity contribution in [2.45, 2.75) is 50.4 Å². The Bertz CT molecular complexity index is 2590. The van der Waals surface area contributed by atoms with E-state index in [9.17, 15) is 28.0 Å². The topological polar surface area (TPSA) is 129 Å². The Morgan fingerprint density at radius 2 is 1.02 bits per heavy atom. The monoisotopic (exact) mass is 931 g/mol. The fourth-order valence-electron chi connectivity index (χ4n) is 8.66. The number of nitrogens with zero attached hydrogens (tertiary/aromatic N) is 5.